The molecule has 0 fully saturated rings. The van der Waals surface area contributed by atoms with Gasteiger partial charge in [0, 0.05) is 18.1 Å². The molecule has 1 N–H and O–H groups in total. The van der Waals surface area contributed by atoms with Gasteiger partial charge in [0.15, 0.2) is 0 Å². The van der Waals surface area contributed by atoms with Crippen LogP contribution in [0.2, 0.25) is 0 Å². The number of nitrogens with one attached hydrogen (secondary N) is 1. The molecule has 0 saturated heterocycles. The fourth-order valence-electron chi connectivity index (χ4n) is 2.66. The van der Waals surface area contributed by atoms with Crippen molar-refractivity contribution >= 4 is 22.4 Å². The Morgan fingerprint density at radius 1 is 1.07 bits per heavy atom. The molecule has 0 bridgehead atoms. The Kier molecular flexibility index (Phi) is 6.03. The maximum absolute atomic E-state index is 12.5. The summed E-state index contributed by atoms with van der Waals surface area (Å²) in [5.41, 5.74) is 1.68. The monoisotopic (exact) mass is 383 g/mol. The Balaban J connectivity index is 1.68. The molecule has 1 unspecified atom stereocenters. The number of methoxy groups -OCH3 is 2. The number of ether oxygens (including phenoxy) is 2. The minimum atomic E-state index is -0.286. The number of hydrogen-bond acceptors (Lipinski definition) is 6. The van der Waals surface area contributed by atoms with Crippen molar-refractivity contribution in [3.05, 3.63) is 64.7 Å². The maximum atomic E-state index is 12.5. The quantitative estimate of drug-likeness (QED) is 0.663. The average Bonchev–Trinajstić information content (AvgIpc) is 3.14. The molecule has 1 aromatic heterocycles. The molecule has 1 amide bonds. The molecule has 3 rings (SSSR count). The van der Waals surface area contributed by atoms with Crippen LogP contribution in [0.15, 0.2) is 48.5 Å². The summed E-state index contributed by atoms with van der Waals surface area (Å²) in [7, 11) is 3.09. The SMILES string of the molecule is COc1cc(OC)cc(C(=O)Nc2nnc(CC(C)c3ccccc3)s2)c1. The van der Waals surface area contributed by atoms with Gasteiger partial charge < -0.3 is 9.47 Å². The number of anilines is 1. The van der Waals surface area contributed by atoms with Gasteiger partial charge in [-0.25, -0.2) is 0 Å². The zero-order chi connectivity index (χ0) is 19.2. The number of carbonyl (C=O) groups is 1. The van der Waals surface area contributed by atoms with E-state index in [2.05, 4.69) is 34.6 Å². The molecule has 0 spiro atoms. The maximum Gasteiger partial charge on any atom is 0.257 e. The smallest absolute Gasteiger partial charge is 0.257 e. The summed E-state index contributed by atoms with van der Waals surface area (Å²) < 4.78 is 10.4. The lowest BCUT2D eigenvalue weighted by molar-refractivity contribution is 0.102. The van der Waals surface area contributed by atoms with Crippen LogP contribution in [-0.2, 0) is 6.42 Å². The summed E-state index contributed by atoms with van der Waals surface area (Å²) in [6, 6.07) is 15.3. The van der Waals surface area contributed by atoms with E-state index in [1.54, 1.807) is 32.4 Å². The minimum absolute atomic E-state index is 0.286. The number of rotatable bonds is 7. The Morgan fingerprint density at radius 3 is 2.37 bits per heavy atom. The van der Waals surface area contributed by atoms with Crippen LogP contribution in [0.1, 0.15) is 33.8 Å². The Morgan fingerprint density at radius 2 is 1.74 bits per heavy atom. The van der Waals surface area contributed by atoms with Crippen LogP contribution >= 0.6 is 11.3 Å². The molecule has 0 saturated carbocycles. The lowest BCUT2D eigenvalue weighted by Gasteiger charge is -2.09. The number of nitrogens with zero attached hydrogens (tertiary/aromatic N) is 2. The van der Waals surface area contributed by atoms with Gasteiger partial charge >= 0.3 is 0 Å². The molecule has 0 radical (unpaired) electrons. The fraction of sp³-hybridized carbons (Fsp3) is 0.250. The molecular formula is C20H21N3O3S. The van der Waals surface area contributed by atoms with E-state index in [1.165, 1.54) is 16.9 Å². The van der Waals surface area contributed by atoms with Crippen LogP contribution in [0, 0.1) is 0 Å². The van der Waals surface area contributed by atoms with Crippen molar-refractivity contribution in [3.63, 3.8) is 0 Å². The highest BCUT2D eigenvalue weighted by Gasteiger charge is 2.15. The standard InChI is InChI=1S/C20H21N3O3S/c1-13(14-7-5-4-6-8-14)9-18-22-23-20(27-18)21-19(24)15-10-16(25-2)12-17(11-15)26-3/h4-8,10-13H,9H2,1-3H3,(H,21,23,24). The minimum Gasteiger partial charge on any atom is -0.497 e. The molecule has 6 nitrogen and oxygen atoms in total. The Hall–Kier alpha value is -2.93. The van der Waals surface area contributed by atoms with Crippen LogP contribution in [-0.4, -0.2) is 30.3 Å². The largest absolute Gasteiger partial charge is 0.497 e. The van der Waals surface area contributed by atoms with Crippen molar-refractivity contribution in [1.82, 2.24) is 10.2 Å². The third-order valence-electron chi connectivity index (χ3n) is 4.15. The Bertz CT molecular complexity index is 890. The van der Waals surface area contributed by atoms with Crippen molar-refractivity contribution in [2.45, 2.75) is 19.3 Å². The second-order valence-electron chi connectivity index (χ2n) is 6.07. The average molecular weight is 383 g/mol. The van der Waals surface area contributed by atoms with Gasteiger partial charge in [-0.1, -0.05) is 48.6 Å². The number of aromatic nitrogens is 2. The van der Waals surface area contributed by atoms with Gasteiger partial charge in [0.25, 0.3) is 5.91 Å². The second-order valence-corrected chi connectivity index (χ2v) is 7.13. The zero-order valence-corrected chi connectivity index (χ0v) is 16.2. The van der Waals surface area contributed by atoms with Crippen molar-refractivity contribution in [3.8, 4) is 11.5 Å². The highest BCUT2D eigenvalue weighted by molar-refractivity contribution is 7.15. The summed E-state index contributed by atoms with van der Waals surface area (Å²) >= 11 is 1.38. The summed E-state index contributed by atoms with van der Waals surface area (Å²) in [5.74, 6) is 1.14. The van der Waals surface area contributed by atoms with E-state index >= 15 is 0 Å². The van der Waals surface area contributed by atoms with Crippen molar-refractivity contribution < 1.29 is 14.3 Å². The van der Waals surface area contributed by atoms with E-state index in [9.17, 15) is 4.79 Å². The predicted molar refractivity (Wildman–Crippen MR) is 106 cm³/mol. The van der Waals surface area contributed by atoms with Gasteiger partial charge in [-0.15, -0.1) is 10.2 Å². The fourth-order valence-corrected chi connectivity index (χ4v) is 3.52. The molecule has 2 aromatic carbocycles. The van der Waals surface area contributed by atoms with E-state index < -0.39 is 0 Å². The first-order valence-corrected chi connectivity index (χ1v) is 9.32. The molecular weight excluding hydrogens is 362 g/mol. The van der Waals surface area contributed by atoms with Gasteiger partial charge in [-0.05, 0) is 23.6 Å². The molecule has 0 aliphatic heterocycles. The molecule has 0 aliphatic carbocycles. The van der Waals surface area contributed by atoms with E-state index in [0.29, 0.717) is 28.1 Å². The van der Waals surface area contributed by atoms with Crippen LogP contribution in [0.3, 0.4) is 0 Å². The molecule has 7 heteroatoms. The normalized spacial score (nSPS) is 11.7. The van der Waals surface area contributed by atoms with Gasteiger partial charge in [-0.2, -0.15) is 0 Å². The van der Waals surface area contributed by atoms with E-state index in [0.717, 1.165) is 11.4 Å². The lowest BCUT2D eigenvalue weighted by atomic mass is 9.98. The van der Waals surface area contributed by atoms with Crippen LogP contribution in [0.25, 0.3) is 0 Å². The van der Waals surface area contributed by atoms with Gasteiger partial charge in [-0.3, -0.25) is 10.1 Å². The third-order valence-corrected chi connectivity index (χ3v) is 5.01. The highest BCUT2D eigenvalue weighted by atomic mass is 32.1. The molecule has 27 heavy (non-hydrogen) atoms. The van der Waals surface area contributed by atoms with E-state index in [-0.39, 0.29) is 5.91 Å². The number of carbonyl (C=O) groups excluding carboxylic acids is 1. The highest BCUT2D eigenvalue weighted by Crippen LogP contribution is 2.26. The molecule has 3 aromatic rings. The number of amides is 1. The van der Waals surface area contributed by atoms with Crippen LogP contribution in [0.4, 0.5) is 5.13 Å². The molecule has 140 valence electrons. The molecule has 1 atom stereocenters. The van der Waals surface area contributed by atoms with Gasteiger partial charge in [0.2, 0.25) is 5.13 Å². The number of benzene rings is 2. The lowest BCUT2D eigenvalue weighted by Crippen LogP contribution is -2.12. The Labute approximate surface area is 162 Å². The third kappa shape index (κ3) is 4.83. The van der Waals surface area contributed by atoms with E-state index in [1.807, 2.05) is 18.2 Å². The van der Waals surface area contributed by atoms with Crippen molar-refractivity contribution in [2.75, 3.05) is 19.5 Å². The first kappa shape index (κ1) is 18.8. The predicted octanol–water partition coefficient (Wildman–Crippen LogP) is 4.15. The van der Waals surface area contributed by atoms with Crippen LogP contribution < -0.4 is 14.8 Å². The zero-order valence-electron chi connectivity index (χ0n) is 15.4. The first-order valence-electron chi connectivity index (χ1n) is 8.50. The topological polar surface area (TPSA) is 73.3 Å². The second kappa shape index (κ2) is 8.64. The number of hydrogen-bond donors (Lipinski definition) is 1. The summed E-state index contributed by atoms with van der Waals surface area (Å²) in [4.78, 5) is 12.5. The summed E-state index contributed by atoms with van der Waals surface area (Å²) in [6.07, 6.45) is 0.768. The van der Waals surface area contributed by atoms with Crippen LogP contribution in [0.5, 0.6) is 11.5 Å². The van der Waals surface area contributed by atoms with Gasteiger partial charge in [0.05, 0.1) is 14.2 Å². The molecule has 1 heterocycles. The summed E-state index contributed by atoms with van der Waals surface area (Å²) in [6.45, 7) is 2.15. The van der Waals surface area contributed by atoms with Gasteiger partial charge in [0.1, 0.15) is 16.5 Å². The van der Waals surface area contributed by atoms with Crippen molar-refractivity contribution in [1.29, 1.82) is 0 Å². The first-order chi connectivity index (χ1) is 13.1. The molecule has 0 aliphatic rings. The summed E-state index contributed by atoms with van der Waals surface area (Å²) in [5, 5.41) is 12.4. The van der Waals surface area contributed by atoms with Crippen molar-refractivity contribution in [2.24, 2.45) is 0 Å². The van der Waals surface area contributed by atoms with E-state index in [4.69, 9.17) is 9.47 Å².